The number of aryl methyl sites for hydroxylation is 1. The smallest absolute Gasteiger partial charge is 0.407 e. The van der Waals surface area contributed by atoms with Gasteiger partial charge in [0.05, 0.1) is 6.04 Å². The highest BCUT2D eigenvalue weighted by atomic mass is 16.4. The van der Waals surface area contributed by atoms with E-state index in [9.17, 15) is 9.90 Å². The van der Waals surface area contributed by atoms with E-state index in [1.54, 1.807) is 7.05 Å². The molecule has 1 aliphatic carbocycles. The number of rotatable bonds is 3. The predicted octanol–water partition coefficient (Wildman–Crippen LogP) is 2.82. The highest BCUT2D eigenvalue weighted by Gasteiger charge is 2.27. The molecule has 5 nitrogen and oxygen atoms in total. The number of fused-ring (bicyclic) bond motifs is 1. The van der Waals surface area contributed by atoms with E-state index in [1.807, 2.05) is 0 Å². The number of hydrogen-bond acceptors (Lipinski definition) is 3. The van der Waals surface area contributed by atoms with E-state index in [2.05, 4.69) is 34.9 Å². The second kappa shape index (κ2) is 6.79. The van der Waals surface area contributed by atoms with Crippen LogP contribution in [0.15, 0.2) is 18.2 Å². The van der Waals surface area contributed by atoms with Gasteiger partial charge in [0, 0.05) is 38.9 Å². The fraction of sp³-hybridized carbons (Fsp3) is 0.611. The van der Waals surface area contributed by atoms with Gasteiger partial charge in [-0.25, -0.2) is 4.79 Å². The van der Waals surface area contributed by atoms with Crippen LogP contribution >= 0.6 is 0 Å². The number of hydrogen-bond donors (Lipinski definition) is 1. The minimum absolute atomic E-state index is 0.00636. The standard InChI is InChI=1S/C18H27N3O2/c1-3-20-9-11-21(12-10-20)15-8-7-14-5-4-6-17(16(14)13-15)19(2)18(22)23/h7-8,13,17H,3-6,9-12H2,1-2H3,(H,22,23). The van der Waals surface area contributed by atoms with Crippen LogP contribution in [0, 0.1) is 0 Å². The van der Waals surface area contributed by atoms with Crippen LogP contribution in [0.5, 0.6) is 0 Å². The van der Waals surface area contributed by atoms with Crippen LogP contribution < -0.4 is 4.90 Å². The Bertz CT molecular complexity index is 567. The largest absolute Gasteiger partial charge is 0.465 e. The Hall–Kier alpha value is -1.75. The summed E-state index contributed by atoms with van der Waals surface area (Å²) < 4.78 is 0. The first-order valence-corrected chi connectivity index (χ1v) is 8.66. The molecule has 1 aromatic carbocycles. The molecule has 1 unspecified atom stereocenters. The lowest BCUT2D eigenvalue weighted by atomic mass is 9.86. The summed E-state index contributed by atoms with van der Waals surface area (Å²) in [5.74, 6) is 0. The summed E-state index contributed by atoms with van der Waals surface area (Å²) >= 11 is 0. The molecule has 126 valence electrons. The Morgan fingerprint density at radius 2 is 2.04 bits per heavy atom. The average Bonchev–Trinajstić information content (AvgIpc) is 2.60. The van der Waals surface area contributed by atoms with Crippen molar-refractivity contribution in [3.63, 3.8) is 0 Å². The highest BCUT2D eigenvalue weighted by Crippen LogP contribution is 2.36. The van der Waals surface area contributed by atoms with Crippen molar-refractivity contribution in [2.24, 2.45) is 0 Å². The second-order valence-corrected chi connectivity index (χ2v) is 6.61. The first-order valence-electron chi connectivity index (χ1n) is 8.66. The summed E-state index contributed by atoms with van der Waals surface area (Å²) in [6, 6.07) is 6.65. The van der Waals surface area contributed by atoms with Crippen LogP contribution in [0.2, 0.25) is 0 Å². The maximum Gasteiger partial charge on any atom is 0.407 e. The Morgan fingerprint density at radius 3 is 2.70 bits per heavy atom. The molecule has 0 spiro atoms. The SMILES string of the molecule is CCN1CCN(c2ccc3c(c2)C(N(C)C(=O)O)CCC3)CC1. The third-order valence-corrected chi connectivity index (χ3v) is 5.37. The monoisotopic (exact) mass is 317 g/mol. The van der Waals surface area contributed by atoms with E-state index in [0.29, 0.717) is 0 Å². The summed E-state index contributed by atoms with van der Waals surface area (Å²) in [4.78, 5) is 17.7. The Balaban J connectivity index is 1.82. The Labute approximate surface area is 138 Å². The van der Waals surface area contributed by atoms with Gasteiger partial charge in [0.15, 0.2) is 0 Å². The number of amides is 1. The van der Waals surface area contributed by atoms with Gasteiger partial charge in [-0.05, 0) is 49.1 Å². The van der Waals surface area contributed by atoms with Crippen LogP contribution in [-0.2, 0) is 6.42 Å². The number of benzene rings is 1. The van der Waals surface area contributed by atoms with Crippen LogP contribution in [-0.4, -0.2) is 60.8 Å². The molecule has 0 bridgehead atoms. The van der Waals surface area contributed by atoms with E-state index in [1.165, 1.54) is 21.7 Å². The van der Waals surface area contributed by atoms with Crippen molar-refractivity contribution in [2.45, 2.75) is 32.2 Å². The zero-order valence-electron chi connectivity index (χ0n) is 14.2. The molecule has 0 radical (unpaired) electrons. The highest BCUT2D eigenvalue weighted by molar-refractivity contribution is 5.66. The normalized spacial score (nSPS) is 21.8. The van der Waals surface area contributed by atoms with Gasteiger partial charge in [-0.15, -0.1) is 0 Å². The second-order valence-electron chi connectivity index (χ2n) is 6.61. The van der Waals surface area contributed by atoms with Gasteiger partial charge in [0.25, 0.3) is 0 Å². The van der Waals surface area contributed by atoms with Crippen LogP contribution in [0.1, 0.15) is 36.9 Å². The van der Waals surface area contributed by atoms with E-state index in [-0.39, 0.29) is 6.04 Å². The van der Waals surface area contributed by atoms with Crippen molar-refractivity contribution in [1.82, 2.24) is 9.80 Å². The zero-order valence-corrected chi connectivity index (χ0v) is 14.2. The molecule has 1 N–H and O–H groups in total. The van der Waals surface area contributed by atoms with Crippen molar-refractivity contribution >= 4 is 11.8 Å². The molecule has 5 heteroatoms. The summed E-state index contributed by atoms with van der Waals surface area (Å²) in [5.41, 5.74) is 3.76. The molecule has 1 aliphatic heterocycles. The molecule has 23 heavy (non-hydrogen) atoms. The number of anilines is 1. The Morgan fingerprint density at radius 1 is 1.30 bits per heavy atom. The van der Waals surface area contributed by atoms with Crippen molar-refractivity contribution in [2.75, 3.05) is 44.7 Å². The van der Waals surface area contributed by atoms with Crippen molar-refractivity contribution < 1.29 is 9.90 Å². The molecule has 1 heterocycles. The fourth-order valence-electron chi connectivity index (χ4n) is 3.82. The van der Waals surface area contributed by atoms with Crippen LogP contribution in [0.25, 0.3) is 0 Å². The molecular formula is C18H27N3O2. The first kappa shape index (κ1) is 16.1. The molecule has 2 aliphatic rings. The van der Waals surface area contributed by atoms with Gasteiger partial charge in [0.2, 0.25) is 0 Å². The summed E-state index contributed by atoms with van der Waals surface area (Å²) in [6.45, 7) is 7.63. The molecular weight excluding hydrogens is 290 g/mol. The van der Waals surface area contributed by atoms with E-state index in [4.69, 9.17) is 0 Å². The maximum atomic E-state index is 11.4. The van der Waals surface area contributed by atoms with E-state index < -0.39 is 6.09 Å². The van der Waals surface area contributed by atoms with Crippen LogP contribution in [0.3, 0.4) is 0 Å². The van der Waals surface area contributed by atoms with Crippen molar-refractivity contribution in [1.29, 1.82) is 0 Å². The van der Waals surface area contributed by atoms with Crippen molar-refractivity contribution in [3.8, 4) is 0 Å². The van der Waals surface area contributed by atoms with Gasteiger partial charge in [0.1, 0.15) is 0 Å². The minimum Gasteiger partial charge on any atom is -0.465 e. The van der Waals surface area contributed by atoms with Crippen LogP contribution in [0.4, 0.5) is 10.5 Å². The molecule has 1 aromatic rings. The summed E-state index contributed by atoms with van der Waals surface area (Å²) in [7, 11) is 1.69. The quantitative estimate of drug-likeness (QED) is 0.931. The maximum absolute atomic E-state index is 11.4. The van der Waals surface area contributed by atoms with Gasteiger partial charge >= 0.3 is 6.09 Å². The van der Waals surface area contributed by atoms with Crippen molar-refractivity contribution in [3.05, 3.63) is 29.3 Å². The average molecular weight is 317 g/mol. The molecule has 1 saturated heterocycles. The fourth-order valence-corrected chi connectivity index (χ4v) is 3.82. The Kier molecular flexibility index (Phi) is 4.76. The zero-order chi connectivity index (χ0) is 16.4. The topological polar surface area (TPSA) is 47.0 Å². The molecule has 1 fully saturated rings. The molecule has 3 rings (SSSR count). The molecule has 1 amide bonds. The first-order chi connectivity index (χ1) is 11.1. The van der Waals surface area contributed by atoms with Gasteiger partial charge in [-0.2, -0.15) is 0 Å². The summed E-state index contributed by atoms with van der Waals surface area (Å²) in [5, 5.41) is 9.34. The summed E-state index contributed by atoms with van der Waals surface area (Å²) in [6.07, 6.45) is 2.19. The van der Waals surface area contributed by atoms with Gasteiger partial charge in [-0.3, -0.25) is 0 Å². The van der Waals surface area contributed by atoms with E-state index >= 15 is 0 Å². The molecule has 1 atom stereocenters. The number of piperazine rings is 1. The third-order valence-electron chi connectivity index (χ3n) is 5.37. The molecule has 0 aromatic heterocycles. The lowest BCUT2D eigenvalue weighted by Gasteiger charge is -2.37. The van der Waals surface area contributed by atoms with Gasteiger partial charge < -0.3 is 19.8 Å². The predicted molar refractivity (Wildman–Crippen MR) is 92.2 cm³/mol. The number of nitrogens with zero attached hydrogens (tertiary/aromatic N) is 3. The number of carbonyl (C=O) groups is 1. The van der Waals surface area contributed by atoms with Gasteiger partial charge in [-0.1, -0.05) is 13.0 Å². The minimum atomic E-state index is -0.843. The third kappa shape index (κ3) is 3.29. The number of likely N-dealkylation sites (N-methyl/N-ethyl adjacent to an activating group) is 1. The van der Waals surface area contributed by atoms with E-state index in [0.717, 1.165) is 52.0 Å². The number of carboxylic acid groups (broad SMARTS) is 1. The lowest BCUT2D eigenvalue weighted by molar-refractivity contribution is 0.133. The molecule has 0 saturated carbocycles. The lowest BCUT2D eigenvalue weighted by Crippen LogP contribution is -2.46.